The van der Waals surface area contributed by atoms with Gasteiger partial charge in [-0.3, -0.25) is 19.1 Å². The SMILES string of the molecule is CC(=O)c1nn(CC(=O)N2C[C@H](F)C[C@H]2C(=O)Nc2cccc(-c3nc(Cl)c4nc[nH]c4n3)c2F)c2ccccc12. The number of amides is 2. The fraction of sp³-hybridized carbons (Fsp3) is 0.222. The second-order valence-corrected chi connectivity index (χ2v) is 9.93. The number of nitrogens with zero attached hydrogens (tertiary/aromatic N) is 6. The van der Waals surface area contributed by atoms with E-state index in [4.69, 9.17) is 11.6 Å². The van der Waals surface area contributed by atoms with Crippen LogP contribution in [0.3, 0.4) is 0 Å². The minimum atomic E-state index is -1.45. The lowest BCUT2D eigenvalue weighted by Gasteiger charge is -2.24. The van der Waals surface area contributed by atoms with Gasteiger partial charge in [0.15, 0.2) is 28.2 Å². The molecule has 0 saturated carbocycles. The van der Waals surface area contributed by atoms with Crippen LogP contribution in [-0.2, 0) is 16.1 Å². The summed E-state index contributed by atoms with van der Waals surface area (Å²) in [4.78, 5) is 54.9. The van der Waals surface area contributed by atoms with Crippen LogP contribution >= 0.6 is 11.6 Å². The number of aromatic amines is 1. The van der Waals surface area contributed by atoms with Crippen LogP contribution in [0.4, 0.5) is 14.5 Å². The average molecular weight is 579 g/mol. The fourth-order valence-electron chi connectivity index (χ4n) is 4.97. The largest absolute Gasteiger partial charge is 0.329 e. The van der Waals surface area contributed by atoms with Crippen LogP contribution in [0, 0.1) is 5.82 Å². The maximum Gasteiger partial charge on any atom is 0.247 e. The normalized spacial score (nSPS) is 16.9. The molecule has 5 aromatic rings. The van der Waals surface area contributed by atoms with Crippen molar-refractivity contribution in [3.8, 4) is 11.4 Å². The highest BCUT2D eigenvalue weighted by atomic mass is 35.5. The van der Waals surface area contributed by atoms with Gasteiger partial charge in [-0.1, -0.05) is 35.9 Å². The number of carbonyl (C=O) groups is 3. The number of nitrogens with one attached hydrogen (secondary N) is 2. The number of aromatic nitrogens is 6. The third-order valence-electron chi connectivity index (χ3n) is 6.88. The molecule has 2 amide bonds. The number of Topliss-reactive ketones (excluding diaryl/α,β-unsaturated/α-hetero) is 1. The Morgan fingerprint density at radius 2 is 1.95 bits per heavy atom. The summed E-state index contributed by atoms with van der Waals surface area (Å²) in [6, 6.07) is 9.99. The summed E-state index contributed by atoms with van der Waals surface area (Å²) in [5.41, 5.74) is 1.17. The van der Waals surface area contributed by atoms with Gasteiger partial charge in [0.25, 0.3) is 0 Å². The number of alkyl halides is 1. The minimum Gasteiger partial charge on any atom is -0.329 e. The molecule has 1 fully saturated rings. The first-order valence-electron chi connectivity index (χ1n) is 12.6. The maximum atomic E-state index is 15.5. The number of imidazole rings is 1. The number of para-hydroxylation sites is 1. The van der Waals surface area contributed by atoms with Gasteiger partial charge in [-0.2, -0.15) is 5.10 Å². The molecule has 208 valence electrons. The van der Waals surface area contributed by atoms with E-state index in [-0.39, 0.29) is 53.2 Å². The second kappa shape index (κ2) is 10.3. The van der Waals surface area contributed by atoms with Gasteiger partial charge >= 0.3 is 0 Å². The molecule has 0 bridgehead atoms. The Hall–Kier alpha value is -4.78. The summed E-state index contributed by atoms with van der Waals surface area (Å²) in [6.07, 6.45) is -0.330. The number of hydrogen-bond acceptors (Lipinski definition) is 7. The molecular weight excluding hydrogens is 558 g/mol. The molecule has 2 N–H and O–H groups in total. The second-order valence-electron chi connectivity index (χ2n) is 9.57. The zero-order valence-electron chi connectivity index (χ0n) is 21.4. The van der Waals surface area contributed by atoms with Gasteiger partial charge in [-0.05, 0) is 18.2 Å². The van der Waals surface area contributed by atoms with Crippen LogP contribution in [0.1, 0.15) is 23.8 Å². The zero-order chi connectivity index (χ0) is 28.8. The summed E-state index contributed by atoms with van der Waals surface area (Å²) in [6.45, 7) is 0.747. The van der Waals surface area contributed by atoms with Crippen molar-refractivity contribution in [3.05, 3.63) is 65.5 Å². The predicted octanol–water partition coefficient (Wildman–Crippen LogP) is 3.94. The Morgan fingerprint density at radius 3 is 2.76 bits per heavy atom. The molecule has 6 rings (SSSR count). The van der Waals surface area contributed by atoms with E-state index in [1.807, 2.05) is 0 Å². The van der Waals surface area contributed by atoms with Crippen molar-refractivity contribution in [1.29, 1.82) is 0 Å². The number of fused-ring (bicyclic) bond motifs is 2. The lowest BCUT2D eigenvalue weighted by atomic mass is 10.1. The molecule has 2 atom stereocenters. The Kier molecular flexibility index (Phi) is 6.66. The van der Waals surface area contributed by atoms with Gasteiger partial charge in [0, 0.05) is 18.7 Å². The number of rotatable bonds is 6. The van der Waals surface area contributed by atoms with Crippen molar-refractivity contribution in [2.75, 3.05) is 11.9 Å². The van der Waals surface area contributed by atoms with Crippen LogP contribution in [-0.4, -0.2) is 71.0 Å². The van der Waals surface area contributed by atoms with Gasteiger partial charge < -0.3 is 15.2 Å². The van der Waals surface area contributed by atoms with Gasteiger partial charge in [0.2, 0.25) is 11.8 Å². The highest BCUT2D eigenvalue weighted by molar-refractivity contribution is 6.33. The summed E-state index contributed by atoms with van der Waals surface area (Å²) >= 11 is 6.16. The van der Waals surface area contributed by atoms with E-state index in [2.05, 4.69) is 30.4 Å². The first-order valence-corrected chi connectivity index (χ1v) is 13.0. The number of halogens is 3. The van der Waals surface area contributed by atoms with Crippen molar-refractivity contribution >= 4 is 57.0 Å². The molecule has 0 spiro atoms. The Morgan fingerprint density at radius 1 is 1.15 bits per heavy atom. The first kappa shape index (κ1) is 26.4. The molecule has 4 heterocycles. The smallest absolute Gasteiger partial charge is 0.247 e. The van der Waals surface area contributed by atoms with Gasteiger partial charge in [0.1, 0.15) is 30.0 Å². The monoisotopic (exact) mass is 578 g/mol. The molecule has 0 aliphatic carbocycles. The number of H-pyrrole nitrogens is 1. The molecule has 11 nitrogen and oxygen atoms in total. The lowest BCUT2D eigenvalue weighted by molar-refractivity contribution is -0.137. The van der Waals surface area contributed by atoms with E-state index in [0.29, 0.717) is 22.1 Å². The molecule has 0 unspecified atom stereocenters. The Balaban J connectivity index is 1.24. The van der Waals surface area contributed by atoms with Gasteiger partial charge in [-0.25, -0.2) is 23.7 Å². The van der Waals surface area contributed by atoms with Crippen LogP contribution < -0.4 is 5.32 Å². The highest BCUT2D eigenvalue weighted by Gasteiger charge is 2.40. The number of anilines is 1. The summed E-state index contributed by atoms with van der Waals surface area (Å²) in [7, 11) is 0. The van der Waals surface area contributed by atoms with E-state index < -0.39 is 29.8 Å². The van der Waals surface area contributed by atoms with Crippen LogP contribution in [0.5, 0.6) is 0 Å². The average Bonchev–Trinajstić information content (AvgIpc) is 3.67. The summed E-state index contributed by atoms with van der Waals surface area (Å²) in [5, 5.41) is 7.36. The van der Waals surface area contributed by atoms with Crippen LogP contribution in [0.15, 0.2) is 48.8 Å². The van der Waals surface area contributed by atoms with E-state index in [0.717, 1.165) is 4.90 Å². The van der Waals surface area contributed by atoms with Crippen LogP contribution in [0.2, 0.25) is 5.15 Å². The molecule has 3 aromatic heterocycles. The van der Waals surface area contributed by atoms with Gasteiger partial charge in [-0.15, -0.1) is 0 Å². The van der Waals surface area contributed by atoms with E-state index in [1.54, 1.807) is 24.3 Å². The third kappa shape index (κ3) is 4.78. The van der Waals surface area contributed by atoms with Crippen molar-refractivity contribution in [1.82, 2.24) is 34.6 Å². The topological polar surface area (TPSA) is 139 Å². The molecular formula is C27H21ClF2N8O3. The van der Waals surface area contributed by atoms with Crippen molar-refractivity contribution < 1.29 is 23.2 Å². The predicted molar refractivity (Wildman–Crippen MR) is 145 cm³/mol. The minimum absolute atomic E-state index is 0.0228. The third-order valence-corrected chi connectivity index (χ3v) is 7.15. The molecule has 1 aliphatic rings. The Labute approximate surface area is 235 Å². The number of carbonyl (C=O) groups excluding carboxylic acids is 3. The molecule has 0 radical (unpaired) electrons. The molecule has 1 aliphatic heterocycles. The van der Waals surface area contributed by atoms with Crippen LogP contribution in [0.25, 0.3) is 33.5 Å². The van der Waals surface area contributed by atoms with Gasteiger partial charge in [0.05, 0.1) is 29.6 Å². The number of benzene rings is 2. The standard InChI is InChI=1S/C27H21ClF2N8O3/c1-13(39)22-15-5-2-3-8-18(15)38(36-22)11-20(40)37-10-14(29)9-19(37)27(41)33-17-7-4-6-16(21(17)30)25-34-24(28)23-26(35-25)32-12-31-23/h2-8,12,14,19H,9-11H2,1H3,(H,33,41)(H,31,32,34,35)/t14-,19+/m1/s1. The summed E-state index contributed by atoms with van der Waals surface area (Å²) < 4.78 is 31.4. The summed E-state index contributed by atoms with van der Waals surface area (Å²) in [5.74, 6) is -2.46. The van der Waals surface area contributed by atoms with E-state index >= 15 is 4.39 Å². The van der Waals surface area contributed by atoms with E-state index in [9.17, 15) is 18.8 Å². The highest BCUT2D eigenvalue weighted by Crippen LogP contribution is 2.30. The first-order chi connectivity index (χ1) is 19.7. The van der Waals surface area contributed by atoms with Crippen molar-refractivity contribution in [2.45, 2.75) is 32.1 Å². The lowest BCUT2D eigenvalue weighted by Crippen LogP contribution is -2.44. The zero-order valence-corrected chi connectivity index (χ0v) is 22.2. The maximum absolute atomic E-state index is 15.5. The molecule has 14 heteroatoms. The van der Waals surface area contributed by atoms with E-state index in [1.165, 1.54) is 36.1 Å². The number of hydrogen-bond donors (Lipinski definition) is 2. The number of ketones is 1. The molecule has 1 saturated heterocycles. The fourth-order valence-corrected chi connectivity index (χ4v) is 5.19. The molecule has 41 heavy (non-hydrogen) atoms. The van der Waals surface area contributed by atoms with Crippen molar-refractivity contribution in [3.63, 3.8) is 0 Å². The van der Waals surface area contributed by atoms with Crippen molar-refractivity contribution in [2.24, 2.45) is 0 Å². The Bertz CT molecular complexity index is 1860. The quantitative estimate of drug-likeness (QED) is 0.230. The number of likely N-dealkylation sites (tertiary alicyclic amines) is 1. The molecule has 2 aromatic carbocycles.